The molecule has 0 aromatic heterocycles. The number of methoxy groups -OCH3 is 3. The minimum absolute atomic E-state index is 0.0904. The lowest BCUT2D eigenvalue weighted by Crippen LogP contribution is -2.19. The average molecular weight is 269 g/mol. The standard InChI is InChI=1S/C14H23NO4/c1-9(2)19-13(8-15)10-6-11(16-3)14(18-5)12(7-10)17-4/h6-7,9,13H,8,15H2,1-5H3. The molecule has 5 nitrogen and oxygen atoms in total. The second-order valence-electron chi connectivity index (χ2n) is 4.37. The Hall–Kier alpha value is -1.46. The highest BCUT2D eigenvalue weighted by atomic mass is 16.5. The van der Waals surface area contributed by atoms with Crippen LogP contribution in [0, 0.1) is 0 Å². The number of nitrogens with two attached hydrogens (primary N) is 1. The Bertz CT molecular complexity index is 381. The van der Waals surface area contributed by atoms with E-state index in [-0.39, 0.29) is 12.2 Å². The van der Waals surface area contributed by atoms with Gasteiger partial charge < -0.3 is 24.7 Å². The van der Waals surface area contributed by atoms with Crippen LogP contribution in [-0.4, -0.2) is 34.0 Å². The molecule has 0 fully saturated rings. The topological polar surface area (TPSA) is 62.9 Å². The molecule has 0 bridgehead atoms. The van der Waals surface area contributed by atoms with Crippen molar-refractivity contribution in [3.63, 3.8) is 0 Å². The van der Waals surface area contributed by atoms with Crippen LogP contribution in [-0.2, 0) is 4.74 Å². The van der Waals surface area contributed by atoms with Crippen molar-refractivity contribution in [1.82, 2.24) is 0 Å². The Balaban J connectivity index is 3.20. The van der Waals surface area contributed by atoms with Gasteiger partial charge in [0.05, 0.1) is 33.5 Å². The summed E-state index contributed by atoms with van der Waals surface area (Å²) in [6.45, 7) is 4.33. The lowest BCUT2D eigenvalue weighted by atomic mass is 10.1. The van der Waals surface area contributed by atoms with Crippen LogP contribution < -0.4 is 19.9 Å². The number of hydrogen-bond acceptors (Lipinski definition) is 5. The van der Waals surface area contributed by atoms with Gasteiger partial charge in [-0.2, -0.15) is 0 Å². The Labute approximate surface area is 114 Å². The summed E-state index contributed by atoms with van der Waals surface area (Å²) in [6.07, 6.45) is -0.110. The van der Waals surface area contributed by atoms with Crippen molar-refractivity contribution in [2.45, 2.75) is 26.1 Å². The van der Waals surface area contributed by atoms with Crippen molar-refractivity contribution in [1.29, 1.82) is 0 Å². The van der Waals surface area contributed by atoms with Gasteiger partial charge in [-0.15, -0.1) is 0 Å². The molecule has 19 heavy (non-hydrogen) atoms. The fourth-order valence-corrected chi connectivity index (χ4v) is 1.89. The van der Waals surface area contributed by atoms with Crippen molar-refractivity contribution < 1.29 is 18.9 Å². The van der Waals surface area contributed by atoms with Gasteiger partial charge in [0.2, 0.25) is 5.75 Å². The van der Waals surface area contributed by atoms with E-state index in [1.54, 1.807) is 21.3 Å². The number of benzene rings is 1. The first kappa shape index (κ1) is 15.6. The maximum absolute atomic E-state index is 5.78. The average Bonchev–Trinajstić information content (AvgIpc) is 2.42. The zero-order chi connectivity index (χ0) is 14.4. The predicted octanol–water partition coefficient (Wildman–Crippen LogP) is 2.14. The van der Waals surface area contributed by atoms with Crippen molar-refractivity contribution in [3.8, 4) is 17.2 Å². The molecule has 1 aromatic carbocycles. The summed E-state index contributed by atoms with van der Waals surface area (Å²) < 4.78 is 21.7. The Morgan fingerprint density at radius 3 is 1.84 bits per heavy atom. The van der Waals surface area contributed by atoms with Crippen LogP contribution in [0.2, 0.25) is 0 Å². The summed E-state index contributed by atoms with van der Waals surface area (Å²) in [6, 6.07) is 3.72. The smallest absolute Gasteiger partial charge is 0.203 e. The minimum atomic E-state index is -0.200. The summed E-state index contributed by atoms with van der Waals surface area (Å²) in [5, 5.41) is 0. The molecule has 1 rings (SSSR count). The summed E-state index contributed by atoms with van der Waals surface area (Å²) in [4.78, 5) is 0. The third-order valence-corrected chi connectivity index (χ3v) is 2.71. The summed E-state index contributed by atoms with van der Waals surface area (Å²) in [7, 11) is 4.74. The van der Waals surface area contributed by atoms with Crippen molar-refractivity contribution in [3.05, 3.63) is 17.7 Å². The summed E-state index contributed by atoms with van der Waals surface area (Å²) in [5.41, 5.74) is 6.68. The van der Waals surface area contributed by atoms with E-state index in [0.717, 1.165) is 5.56 Å². The van der Waals surface area contributed by atoms with E-state index in [0.29, 0.717) is 23.8 Å². The minimum Gasteiger partial charge on any atom is -0.493 e. The van der Waals surface area contributed by atoms with Crippen LogP contribution in [0.25, 0.3) is 0 Å². The van der Waals surface area contributed by atoms with E-state index >= 15 is 0 Å². The normalized spacial score (nSPS) is 12.4. The first-order chi connectivity index (χ1) is 9.07. The molecule has 0 saturated heterocycles. The fourth-order valence-electron chi connectivity index (χ4n) is 1.89. The number of ether oxygens (including phenoxy) is 4. The van der Waals surface area contributed by atoms with E-state index in [1.165, 1.54) is 0 Å². The SMILES string of the molecule is COc1cc(C(CN)OC(C)C)cc(OC)c1OC. The zero-order valence-corrected chi connectivity index (χ0v) is 12.2. The van der Waals surface area contributed by atoms with Crippen molar-refractivity contribution >= 4 is 0 Å². The molecular weight excluding hydrogens is 246 g/mol. The van der Waals surface area contributed by atoms with Crippen LogP contribution >= 0.6 is 0 Å². The van der Waals surface area contributed by atoms with Crippen LogP contribution in [0.3, 0.4) is 0 Å². The lowest BCUT2D eigenvalue weighted by molar-refractivity contribution is 0.0117. The van der Waals surface area contributed by atoms with Crippen LogP contribution in [0.15, 0.2) is 12.1 Å². The monoisotopic (exact) mass is 269 g/mol. The molecule has 0 saturated carbocycles. The van der Waals surface area contributed by atoms with Gasteiger partial charge in [-0.25, -0.2) is 0 Å². The summed E-state index contributed by atoms with van der Waals surface area (Å²) >= 11 is 0. The molecule has 1 unspecified atom stereocenters. The first-order valence-corrected chi connectivity index (χ1v) is 6.22. The highest BCUT2D eigenvalue weighted by Crippen LogP contribution is 2.40. The predicted molar refractivity (Wildman–Crippen MR) is 74.1 cm³/mol. The molecule has 0 aliphatic rings. The van der Waals surface area contributed by atoms with Gasteiger partial charge in [-0.3, -0.25) is 0 Å². The third-order valence-electron chi connectivity index (χ3n) is 2.71. The van der Waals surface area contributed by atoms with Gasteiger partial charge in [0, 0.05) is 6.54 Å². The molecule has 0 radical (unpaired) electrons. The maximum atomic E-state index is 5.78. The number of rotatable bonds is 7. The Morgan fingerprint density at radius 1 is 1.00 bits per heavy atom. The Morgan fingerprint density at radius 2 is 1.53 bits per heavy atom. The van der Waals surface area contributed by atoms with E-state index in [4.69, 9.17) is 24.7 Å². The third kappa shape index (κ3) is 3.75. The maximum Gasteiger partial charge on any atom is 0.203 e. The molecule has 2 N–H and O–H groups in total. The molecule has 1 aromatic rings. The van der Waals surface area contributed by atoms with Crippen LogP contribution in [0.1, 0.15) is 25.5 Å². The van der Waals surface area contributed by atoms with Gasteiger partial charge in [0.15, 0.2) is 11.5 Å². The molecule has 108 valence electrons. The van der Waals surface area contributed by atoms with Gasteiger partial charge >= 0.3 is 0 Å². The van der Waals surface area contributed by atoms with E-state index in [1.807, 2.05) is 26.0 Å². The molecule has 0 amide bonds. The molecule has 1 atom stereocenters. The molecule has 0 aliphatic heterocycles. The first-order valence-electron chi connectivity index (χ1n) is 6.22. The van der Waals surface area contributed by atoms with Gasteiger partial charge in [-0.1, -0.05) is 0 Å². The molecule has 0 spiro atoms. The fraction of sp³-hybridized carbons (Fsp3) is 0.571. The van der Waals surface area contributed by atoms with Crippen molar-refractivity contribution in [2.75, 3.05) is 27.9 Å². The molecule has 5 heteroatoms. The lowest BCUT2D eigenvalue weighted by Gasteiger charge is -2.21. The summed E-state index contributed by atoms with van der Waals surface area (Å²) in [5.74, 6) is 1.76. The van der Waals surface area contributed by atoms with E-state index in [2.05, 4.69) is 0 Å². The van der Waals surface area contributed by atoms with E-state index in [9.17, 15) is 0 Å². The quantitative estimate of drug-likeness (QED) is 0.821. The molecule has 0 aliphatic carbocycles. The second kappa shape index (κ2) is 7.21. The van der Waals surface area contributed by atoms with Gasteiger partial charge in [-0.05, 0) is 31.5 Å². The highest BCUT2D eigenvalue weighted by molar-refractivity contribution is 5.54. The van der Waals surface area contributed by atoms with Crippen molar-refractivity contribution in [2.24, 2.45) is 5.73 Å². The largest absolute Gasteiger partial charge is 0.493 e. The molecule has 0 heterocycles. The second-order valence-corrected chi connectivity index (χ2v) is 4.37. The molecular formula is C14H23NO4. The van der Waals surface area contributed by atoms with E-state index < -0.39 is 0 Å². The highest BCUT2D eigenvalue weighted by Gasteiger charge is 2.19. The van der Waals surface area contributed by atoms with Gasteiger partial charge in [0.1, 0.15) is 0 Å². The Kier molecular flexibility index (Phi) is 5.92. The number of hydrogen-bond donors (Lipinski definition) is 1. The van der Waals surface area contributed by atoms with Gasteiger partial charge in [0.25, 0.3) is 0 Å². The zero-order valence-electron chi connectivity index (χ0n) is 12.2. The van der Waals surface area contributed by atoms with Crippen LogP contribution in [0.5, 0.6) is 17.2 Å². The van der Waals surface area contributed by atoms with Crippen LogP contribution in [0.4, 0.5) is 0 Å².